The van der Waals surface area contributed by atoms with Crippen molar-refractivity contribution in [3.8, 4) is 0 Å². The maximum absolute atomic E-state index is 12.9. The van der Waals surface area contributed by atoms with Crippen LogP contribution in [0.15, 0.2) is 60.8 Å². The quantitative estimate of drug-likeness (QED) is 0.0262. The summed E-state index contributed by atoms with van der Waals surface area (Å²) in [7, 11) is 0. The third kappa shape index (κ3) is 53.9. The highest BCUT2D eigenvalue weighted by Crippen LogP contribution is 2.15. The van der Waals surface area contributed by atoms with Crippen LogP contribution in [0.2, 0.25) is 0 Å². The van der Waals surface area contributed by atoms with Crippen molar-refractivity contribution >= 4 is 17.9 Å². The first-order valence-corrected chi connectivity index (χ1v) is 28.8. The van der Waals surface area contributed by atoms with Gasteiger partial charge in [-0.2, -0.15) is 0 Å². The molecule has 0 heterocycles. The number of hydrogen-bond donors (Lipinski definition) is 0. The molecule has 1 unspecified atom stereocenters. The topological polar surface area (TPSA) is 78.9 Å². The van der Waals surface area contributed by atoms with E-state index >= 15 is 0 Å². The Kier molecular flexibility index (Phi) is 53.3. The minimum absolute atomic E-state index is 0.0798. The Morgan fingerprint density at radius 2 is 0.552 bits per heavy atom. The Bertz CT molecular complexity index is 1210. The lowest BCUT2D eigenvalue weighted by Crippen LogP contribution is -2.30. The highest BCUT2D eigenvalue weighted by Gasteiger charge is 2.19. The van der Waals surface area contributed by atoms with Crippen LogP contribution in [0.3, 0.4) is 0 Å². The third-order valence-electron chi connectivity index (χ3n) is 12.5. The molecule has 0 radical (unpaired) electrons. The number of carbonyl (C=O) groups excluding carboxylic acids is 3. The van der Waals surface area contributed by atoms with Crippen molar-refractivity contribution in [2.75, 3.05) is 13.2 Å². The largest absolute Gasteiger partial charge is 0.462 e. The van der Waals surface area contributed by atoms with E-state index < -0.39 is 6.10 Å². The van der Waals surface area contributed by atoms with E-state index in [4.69, 9.17) is 14.2 Å². The molecule has 0 saturated heterocycles. The van der Waals surface area contributed by atoms with Gasteiger partial charge in [0.25, 0.3) is 0 Å². The van der Waals surface area contributed by atoms with Gasteiger partial charge in [0.2, 0.25) is 0 Å². The molecule has 0 spiro atoms. The van der Waals surface area contributed by atoms with Gasteiger partial charge in [-0.3, -0.25) is 14.4 Å². The predicted octanol–water partition coefficient (Wildman–Crippen LogP) is 19.2. The summed E-state index contributed by atoms with van der Waals surface area (Å²) < 4.78 is 16.8. The SMILES string of the molecule is CCCC/C=C\CCCCCCCC(=O)OCC(COC(=O)CCCCCCCCCCC/C=C\C/C=C\CCCCC)OC(=O)CCCCCCCCCCC/C=C\C/C=C\CCCCC. The number of rotatable bonds is 52. The van der Waals surface area contributed by atoms with Gasteiger partial charge in [-0.05, 0) is 103 Å². The molecule has 0 aromatic heterocycles. The average Bonchev–Trinajstić information content (AvgIpc) is 3.33. The van der Waals surface area contributed by atoms with Gasteiger partial charge in [-0.1, -0.05) is 229 Å². The third-order valence-corrected chi connectivity index (χ3v) is 12.5. The highest BCUT2D eigenvalue weighted by atomic mass is 16.6. The van der Waals surface area contributed by atoms with E-state index in [0.717, 1.165) is 77.0 Å². The second kappa shape index (κ2) is 55.7. The molecule has 6 nitrogen and oxygen atoms in total. The van der Waals surface area contributed by atoms with Gasteiger partial charge in [0.1, 0.15) is 13.2 Å². The summed E-state index contributed by atoms with van der Waals surface area (Å²) in [5.41, 5.74) is 0. The Morgan fingerprint density at radius 1 is 0.299 bits per heavy atom. The van der Waals surface area contributed by atoms with Gasteiger partial charge in [0, 0.05) is 19.3 Å². The summed E-state index contributed by atoms with van der Waals surface area (Å²) in [6, 6.07) is 0. The van der Waals surface area contributed by atoms with Crippen molar-refractivity contribution in [3.63, 3.8) is 0 Å². The molecule has 6 heteroatoms. The summed E-state index contributed by atoms with van der Waals surface area (Å²) in [5.74, 6) is -0.888. The number of allylic oxidation sites excluding steroid dienone is 10. The van der Waals surface area contributed by atoms with Crippen molar-refractivity contribution in [1.29, 1.82) is 0 Å². The van der Waals surface area contributed by atoms with Gasteiger partial charge < -0.3 is 14.2 Å². The van der Waals surface area contributed by atoms with Crippen molar-refractivity contribution < 1.29 is 28.6 Å². The van der Waals surface area contributed by atoms with Crippen LogP contribution in [-0.2, 0) is 28.6 Å². The van der Waals surface area contributed by atoms with Crippen LogP contribution in [0.5, 0.6) is 0 Å². The predicted molar refractivity (Wildman–Crippen MR) is 288 cm³/mol. The zero-order valence-corrected chi connectivity index (χ0v) is 44.4. The van der Waals surface area contributed by atoms with E-state index in [1.54, 1.807) is 0 Å². The molecular weight excluding hydrogens is 829 g/mol. The molecule has 0 aliphatic carbocycles. The lowest BCUT2D eigenvalue weighted by atomic mass is 10.1. The first kappa shape index (κ1) is 64.1. The van der Waals surface area contributed by atoms with Gasteiger partial charge in [0.15, 0.2) is 6.10 Å². The normalized spacial score (nSPS) is 12.5. The molecule has 388 valence electrons. The van der Waals surface area contributed by atoms with Crippen molar-refractivity contribution in [3.05, 3.63) is 60.8 Å². The Morgan fingerprint density at radius 3 is 0.881 bits per heavy atom. The van der Waals surface area contributed by atoms with Gasteiger partial charge >= 0.3 is 17.9 Å². The van der Waals surface area contributed by atoms with Crippen molar-refractivity contribution in [2.24, 2.45) is 0 Å². The second-order valence-electron chi connectivity index (χ2n) is 19.2. The Balaban J connectivity index is 4.33. The van der Waals surface area contributed by atoms with E-state index in [2.05, 4.69) is 81.5 Å². The van der Waals surface area contributed by atoms with Crippen LogP contribution in [0.4, 0.5) is 0 Å². The van der Waals surface area contributed by atoms with Gasteiger partial charge in [-0.25, -0.2) is 0 Å². The number of esters is 3. The van der Waals surface area contributed by atoms with Crippen LogP contribution in [0, 0.1) is 0 Å². The maximum Gasteiger partial charge on any atom is 0.306 e. The van der Waals surface area contributed by atoms with Gasteiger partial charge in [0.05, 0.1) is 0 Å². The maximum atomic E-state index is 12.9. The number of carbonyl (C=O) groups is 3. The van der Waals surface area contributed by atoms with Crippen LogP contribution < -0.4 is 0 Å². The number of unbranched alkanes of at least 4 members (excludes halogenated alkanes) is 31. The van der Waals surface area contributed by atoms with E-state index in [-0.39, 0.29) is 31.1 Å². The van der Waals surface area contributed by atoms with Crippen LogP contribution in [0.25, 0.3) is 0 Å². The molecule has 0 N–H and O–H groups in total. The highest BCUT2D eigenvalue weighted by molar-refractivity contribution is 5.71. The van der Waals surface area contributed by atoms with Gasteiger partial charge in [-0.15, -0.1) is 0 Å². The lowest BCUT2D eigenvalue weighted by Gasteiger charge is -2.18. The second-order valence-corrected chi connectivity index (χ2v) is 19.2. The Hall–Kier alpha value is -2.89. The summed E-state index contributed by atoms with van der Waals surface area (Å²) in [5, 5.41) is 0. The van der Waals surface area contributed by atoms with Crippen molar-refractivity contribution in [1.82, 2.24) is 0 Å². The zero-order valence-electron chi connectivity index (χ0n) is 44.4. The molecular formula is C61H108O6. The standard InChI is InChI=1S/C61H108O6/c1-4-7-10-13-16-19-22-24-26-28-30-32-34-36-39-42-45-48-51-54-60(63)66-57-58(56-65-59(62)53-50-47-44-41-38-21-18-15-12-9-6-3)67-61(64)55-52-49-46-43-40-37-35-33-31-29-27-25-23-20-17-14-11-8-5-2/h15-20,24-27,58H,4-14,21-23,28-57H2,1-3H3/b18-15-,19-16-,20-17-,26-24-,27-25-. The first-order chi connectivity index (χ1) is 33.0. The molecule has 0 aliphatic rings. The molecule has 0 saturated carbocycles. The fraction of sp³-hybridized carbons (Fsp3) is 0.787. The molecule has 0 aromatic rings. The molecule has 0 bridgehead atoms. The summed E-state index contributed by atoms with van der Waals surface area (Å²) >= 11 is 0. The monoisotopic (exact) mass is 937 g/mol. The Labute approximate surface area is 415 Å². The molecule has 1 atom stereocenters. The molecule has 0 aromatic carbocycles. The summed E-state index contributed by atoms with van der Waals surface area (Å²) in [6.45, 7) is 6.56. The molecule has 67 heavy (non-hydrogen) atoms. The molecule has 0 amide bonds. The van der Waals surface area contributed by atoms with Crippen molar-refractivity contribution in [2.45, 2.75) is 297 Å². The minimum Gasteiger partial charge on any atom is -0.462 e. The molecule has 0 aliphatic heterocycles. The zero-order chi connectivity index (χ0) is 48.6. The first-order valence-electron chi connectivity index (χ1n) is 28.8. The van der Waals surface area contributed by atoms with E-state index in [9.17, 15) is 14.4 Å². The summed E-state index contributed by atoms with van der Waals surface area (Å²) in [6.07, 6.45) is 69.2. The number of ether oxygens (including phenoxy) is 3. The lowest BCUT2D eigenvalue weighted by molar-refractivity contribution is -0.167. The minimum atomic E-state index is -0.781. The molecule has 0 rings (SSSR count). The fourth-order valence-corrected chi connectivity index (χ4v) is 8.07. The average molecular weight is 938 g/mol. The van der Waals surface area contributed by atoms with E-state index in [0.29, 0.717) is 19.3 Å². The number of hydrogen-bond acceptors (Lipinski definition) is 6. The fourth-order valence-electron chi connectivity index (χ4n) is 8.07. The van der Waals surface area contributed by atoms with Crippen LogP contribution in [-0.4, -0.2) is 37.2 Å². The van der Waals surface area contributed by atoms with Crippen LogP contribution >= 0.6 is 0 Å². The van der Waals surface area contributed by atoms with E-state index in [1.807, 2.05) is 0 Å². The summed E-state index contributed by atoms with van der Waals surface area (Å²) in [4.78, 5) is 38.1. The smallest absolute Gasteiger partial charge is 0.306 e. The van der Waals surface area contributed by atoms with E-state index in [1.165, 1.54) is 173 Å². The van der Waals surface area contributed by atoms with Crippen LogP contribution in [0.1, 0.15) is 290 Å². The molecule has 0 fully saturated rings.